The van der Waals surface area contributed by atoms with Gasteiger partial charge >= 0.3 is 5.97 Å². The Morgan fingerprint density at radius 1 is 1.19 bits per heavy atom. The molecule has 9 nitrogen and oxygen atoms in total. The van der Waals surface area contributed by atoms with Crippen molar-refractivity contribution in [1.82, 2.24) is 25.6 Å². The van der Waals surface area contributed by atoms with Gasteiger partial charge in [0.05, 0.1) is 31.0 Å². The predicted octanol–water partition coefficient (Wildman–Crippen LogP) is 2.34. The smallest absolute Gasteiger partial charge is 0.307 e. The van der Waals surface area contributed by atoms with Crippen LogP contribution >= 0.6 is 11.6 Å². The van der Waals surface area contributed by atoms with E-state index in [-0.39, 0.29) is 25.1 Å². The molecule has 1 aliphatic heterocycles. The van der Waals surface area contributed by atoms with E-state index >= 15 is 0 Å². The third-order valence-electron chi connectivity index (χ3n) is 6.90. The van der Waals surface area contributed by atoms with Crippen molar-refractivity contribution < 1.29 is 24.5 Å². The van der Waals surface area contributed by atoms with E-state index in [0.717, 1.165) is 5.56 Å². The summed E-state index contributed by atoms with van der Waals surface area (Å²) < 4.78 is 14.3. The summed E-state index contributed by atoms with van der Waals surface area (Å²) in [4.78, 5) is 14.1. The number of carboxylic acids is 1. The number of likely N-dealkylation sites (tertiary alicyclic amines) is 1. The summed E-state index contributed by atoms with van der Waals surface area (Å²) in [5.74, 6) is -1.90. The van der Waals surface area contributed by atoms with E-state index in [1.54, 1.807) is 12.3 Å². The molecule has 2 aromatic carbocycles. The van der Waals surface area contributed by atoms with Gasteiger partial charge in [-0.05, 0) is 42.2 Å². The van der Waals surface area contributed by atoms with Crippen LogP contribution in [0.1, 0.15) is 17.7 Å². The molecule has 1 aliphatic rings. The number of benzene rings is 2. The highest BCUT2D eigenvalue weighted by Crippen LogP contribution is 2.31. The molecule has 5 N–H and O–H groups in total. The summed E-state index contributed by atoms with van der Waals surface area (Å²) in [5, 5.41) is 43.3. The lowest BCUT2D eigenvalue weighted by atomic mass is 9.80. The number of carboxylic acid groups (broad SMARTS) is 1. The first kappa shape index (κ1) is 27.2. The molecule has 0 spiro atoms. The van der Waals surface area contributed by atoms with Crippen LogP contribution in [0.5, 0.6) is 0 Å². The maximum atomic E-state index is 14.3. The van der Waals surface area contributed by atoms with Crippen LogP contribution in [0.4, 0.5) is 4.39 Å². The molecule has 1 fully saturated rings. The van der Waals surface area contributed by atoms with Gasteiger partial charge in [0.2, 0.25) is 0 Å². The van der Waals surface area contributed by atoms with Crippen molar-refractivity contribution in [1.29, 1.82) is 0 Å². The second-order valence-corrected chi connectivity index (χ2v) is 10.3. The first-order valence-corrected chi connectivity index (χ1v) is 12.5. The number of hydrogen-bond acceptors (Lipinski definition) is 7. The van der Waals surface area contributed by atoms with Crippen LogP contribution in [-0.4, -0.2) is 80.5 Å². The third kappa shape index (κ3) is 6.91. The molecular weight excluding hydrogens is 501 g/mol. The van der Waals surface area contributed by atoms with Crippen LogP contribution < -0.4 is 5.32 Å². The molecule has 0 radical (unpaired) electrons. The molecule has 198 valence electrons. The lowest BCUT2D eigenvalue weighted by Crippen LogP contribution is -2.61. The number of hydrogen-bond donors (Lipinski definition) is 5. The fourth-order valence-corrected chi connectivity index (χ4v) is 4.98. The summed E-state index contributed by atoms with van der Waals surface area (Å²) in [6.45, 7) is 1.40. The first-order valence-electron chi connectivity index (χ1n) is 12.1. The SMILES string of the molecule is O=C(O)[C@@H](C[C@@H](Cc1ccc(-c2cc(Cl)ccc2F)cc1)NCc1cn[nH]n1)CN1CC(CO)(CO)C1. The Bertz CT molecular complexity index is 1170. The number of carbonyl (C=O) groups is 1. The van der Waals surface area contributed by atoms with Gasteiger partial charge in [0.1, 0.15) is 5.82 Å². The molecule has 37 heavy (non-hydrogen) atoms. The maximum absolute atomic E-state index is 14.3. The molecule has 2 atom stereocenters. The zero-order valence-electron chi connectivity index (χ0n) is 20.3. The predicted molar refractivity (Wildman–Crippen MR) is 136 cm³/mol. The van der Waals surface area contributed by atoms with Gasteiger partial charge in [0, 0.05) is 48.2 Å². The minimum Gasteiger partial charge on any atom is -0.481 e. The minimum absolute atomic E-state index is 0.130. The van der Waals surface area contributed by atoms with Crippen molar-refractivity contribution in [2.24, 2.45) is 11.3 Å². The van der Waals surface area contributed by atoms with Gasteiger partial charge in [-0.2, -0.15) is 15.4 Å². The summed E-state index contributed by atoms with van der Waals surface area (Å²) in [6.07, 6.45) is 2.52. The molecule has 11 heteroatoms. The highest BCUT2D eigenvalue weighted by molar-refractivity contribution is 6.30. The monoisotopic (exact) mass is 531 g/mol. The van der Waals surface area contributed by atoms with E-state index in [1.165, 1.54) is 12.1 Å². The highest BCUT2D eigenvalue weighted by Gasteiger charge is 2.43. The Hall–Kier alpha value is -2.89. The van der Waals surface area contributed by atoms with Crippen LogP contribution in [-0.2, 0) is 17.8 Å². The summed E-state index contributed by atoms with van der Waals surface area (Å²) in [5.41, 5.74) is 2.24. The quantitative estimate of drug-likeness (QED) is 0.227. The Morgan fingerprint density at radius 2 is 1.92 bits per heavy atom. The average Bonchev–Trinajstić information content (AvgIpc) is 3.39. The molecule has 0 bridgehead atoms. The molecule has 0 aliphatic carbocycles. The number of halogens is 2. The van der Waals surface area contributed by atoms with Gasteiger partial charge in [0.25, 0.3) is 0 Å². The number of aliphatic hydroxyl groups excluding tert-OH is 2. The average molecular weight is 532 g/mol. The molecule has 1 saturated heterocycles. The Balaban J connectivity index is 1.45. The molecule has 3 aromatic rings. The third-order valence-corrected chi connectivity index (χ3v) is 7.13. The summed E-state index contributed by atoms with van der Waals surface area (Å²) in [6, 6.07) is 11.7. The number of nitrogens with zero attached hydrogens (tertiary/aromatic N) is 3. The van der Waals surface area contributed by atoms with E-state index in [1.807, 2.05) is 29.2 Å². The number of aliphatic hydroxyl groups is 2. The van der Waals surface area contributed by atoms with E-state index < -0.39 is 17.3 Å². The number of H-pyrrole nitrogens is 1. The van der Waals surface area contributed by atoms with Crippen LogP contribution in [0.2, 0.25) is 5.02 Å². The number of aromatic amines is 1. The number of nitrogens with one attached hydrogen (secondary N) is 2. The molecule has 0 saturated carbocycles. The van der Waals surface area contributed by atoms with Gasteiger partial charge < -0.3 is 25.5 Å². The van der Waals surface area contributed by atoms with Gasteiger partial charge in [-0.3, -0.25) is 4.79 Å². The van der Waals surface area contributed by atoms with Crippen LogP contribution in [0, 0.1) is 17.2 Å². The van der Waals surface area contributed by atoms with E-state index in [4.69, 9.17) is 11.6 Å². The van der Waals surface area contributed by atoms with Crippen molar-refractivity contribution in [3.63, 3.8) is 0 Å². The van der Waals surface area contributed by atoms with Crippen molar-refractivity contribution in [3.05, 3.63) is 70.8 Å². The summed E-state index contributed by atoms with van der Waals surface area (Å²) >= 11 is 6.04. The second kappa shape index (κ2) is 12.1. The topological polar surface area (TPSA) is 135 Å². The molecular formula is C26H31ClFN5O4. The van der Waals surface area contributed by atoms with E-state index in [9.17, 15) is 24.5 Å². The van der Waals surface area contributed by atoms with Crippen molar-refractivity contribution in [2.75, 3.05) is 32.8 Å². The van der Waals surface area contributed by atoms with E-state index in [0.29, 0.717) is 60.9 Å². The lowest BCUT2D eigenvalue weighted by Gasteiger charge is -2.49. The molecule has 0 amide bonds. The standard InChI is InChI=1S/C26H31ClFN5O4/c27-20-5-6-24(28)23(9-20)18-3-1-17(2-4-18)7-21(29-10-22-11-30-32-31-22)8-19(25(36)37)12-33-13-26(14-33,15-34)16-35/h1-6,9,11,19,21,29,34-35H,7-8,10,12-16H2,(H,36,37)(H,30,31,32)/t19-,21+/m0/s1. The Morgan fingerprint density at radius 3 is 2.54 bits per heavy atom. The molecule has 4 rings (SSSR count). The van der Waals surface area contributed by atoms with Gasteiger partial charge in [0.15, 0.2) is 0 Å². The minimum atomic E-state index is -0.898. The van der Waals surface area contributed by atoms with Gasteiger partial charge in [-0.1, -0.05) is 35.9 Å². The van der Waals surface area contributed by atoms with Crippen LogP contribution in [0.15, 0.2) is 48.7 Å². The van der Waals surface area contributed by atoms with Gasteiger partial charge in [-0.25, -0.2) is 4.39 Å². The van der Waals surface area contributed by atoms with Crippen molar-refractivity contribution in [3.8, 4) is 11.1 Å². The second-order valence-electron chi connectivity index (χ2n) is 9.82. The molecule has 0 unspecified atom stereocenters. The van der Waals surface area contributed by atoms with Crippen molar-refractivity contribution >= 4 is 17.6 Å². The highest BCUT2D eigenvalue weighted by atomic mass is 35.5. The Kier molecular flexibility index (Phi) is 8.88. The van der Waals surface area contributed by atoms with E-state index in [2.05, 4.69) is 20.7 Å². The zero-order valence-corrected chi connectivity index (χ0v) is 21.0. The lowest BCUT2D eigenvalue weighted by molar-refractivity contribution is -0.145. The zero-order chi connectivity index (χ0) is 26.4. The van der Waals surface area contributed by atoms with Crippen LogP contribution in [0.3, 0.4) is 0 Å². The molecule has 1 aromatic heterocycles. The van der Waals surface area contributed by atoms with Gasteiger partial charge in [-0.15, -0.1) is 0 Å². The van der Waals surface area contributed by atoms with Crippen LogP contribution in [0.25, 0.3) is 11.1 Å². The molecule has 2 heterocycles. The normalized spacial score (nSPS) is 16.8. The number of aromatic nitrogens is 3. The number of rotatable bonds is 13. The van der Waals surface area contributed by atoms with Crippen molar-refractivity contribution in [2.45, 2.75) is 25.4 Å². The summed E-state index contributed by atoms with van der Waals surface area (Å²) in [7, 11) is 0. The fraction of sp³-hybridized carbons (Fsp3) is 0.423. The fourth-order valence-electron chi connectivity index (χ4n) is 4.81. The maximum Gasteiger partial charge on any atom is 0.307 e. The largest absolute Gasteiger partial charge is 0.481 e. The first-order chi connectivity index (χ1) is 17.8. The Labute approximate surface area is 219 Å². The number of aliphatic carboxylic acids is 1.